The molecule has 7 heteroatoms. The van der Waals surface area contributed by atoms with Crippen molar-refractivity contribution in [3.05, 3.63) is 40.7 Å². The molecule has 3 rings (SSSR count). The fourth-order valence-corrected chi connectivity index (χ4v) is 4.62. The van der Waals surface area contributed by atoms with E-state index in [0.29, 0.717) is 5.75 Å². The van der Waals surface area contributed by atoms with E-state index in [2.05, 4.69) is 4.98 Å². The lowest BCUT2D eigenvalue weighted by molar-refractivity contribution is -0.157. The van der Waals surface area contributed by atoms with Crippen LogP contribution in [0.3, 0.4) is 0 Å². The zero-order valence-corrected chi connectivity index (χ0v) is 13.8. The molecule has 2 aliphatic heterocycles. The first-order valence-electron chi connectivity index (χ1n) is 7.51. The van der Waals surface area contributed by atoms with E-state index in [-0.39, 0.29) is 35.5 Å². The standard InChI is InChI=1S/C16H19N3O3S/c1-8-12-11(9(2)17)15(20)19(12)13(16(21)22)14(8)23-7-10-4-3-5-18-6-10/h3-6,8-9,11-12H,7,17H2,1-2H3,(H,21,22)/t8-,9-,11-,12-/m1/s1. The zero-order valence-electron chi connectivity index (χ0n) is 13.0. The van der Waals surface area contributed by atoms with Gasteiger partial charge in [-0.05, 0) is 18.6 Å². The van der Waals surface area contributed by atoms with Crippen LogP contribution in [0, 0.1) is 11.8 Å². The van der Waals surface area contributed by atoms with Gasteiger partial charge >= 0.3 is 5.97 Å². The van der Waals surface area contributed by atoms with Gasteiger partial charge < -0.3 is 15.7 Å². The summed E-state index contributed by atoms with van der Waals surface area (Å²) < 4.78 is 0. The van der Waals surface area contributed by atoms with Crippen LogP contribution < -0.4 is 5.73 Å². The van der Waals surface area contributed by atoms with Crippen LogP contribution in [0.5, 0.6) is 0 Å². The van der Waals surface area contributed by atoms with Crippen molar-refractivity contribution in [2.24, 2.45) is 17.6 Å². The third kappa shape index (κ3) is 2.53. The van der Waals surface area contributed by atoms with Gasteiger partial charge in [0.2, 0.25) is 5.91 Å². The van der Waals surface area contributed by atoms with Crippen LogP contribution in [0.15, 0.2) is 35.1 Å². The van der Waals surface area contributed by atoms with Crippen LogP contribution in [-0.4, -0.2) is 39.0 Å². The molecule has 122 valence electrons. The Labute approximate surface area is 138 Å². The Hall–Kier alpha value is -1.86. The number of hydrogen-bond acceptors (Lipinski definition) is 5. The number of aromatic nitrogens is 1. The number of carbonyl (C=O) groups is 2. The summed E-state index contributed by atoms with van der Waals surface area (Å²) in [7, 11) is 0. The Kier molecular flexibility index (Phi) is 4.16. The van der Waals surface area contributed by atoms with Gasteiger partial charge in [0.05, 0.1) is 12.0 Å². The minimum Gasteiger partial charge on any atom is -0.477 e. The Morgan fingerprint density at radius 2 is 2.30 bits per heavy atom. The summed E-state index contributed by atoms with van der Waals surface area (Å²) in [5.74, 6) is -0.912. The predicted molar refractivity (Wildman–Crippen MR) is 87.1 cm³/mol. The molecule has 0 aromatic carbocycles. The molecule has 6 nitrogen and oxygen atoms in total. The molecule has 1 amide bonds. The summed E-state index contributed by atoms with van der Waals surface area (Å²) in [4.78, 5) is 30.2. The van der Waals surface area contributed by atoms with Crippen LogP contribution in [0.4, 0.5) is 0 Å². The number of hydrogen-bond donors (Lipinski definition) is 2. The van der Waals surface area contributed by atoms with Gasteiger partial charge in [-0.2, -0.15) is 0 Å². The van der Waals surface area contributed by atoms with Gasteiger partial charge in [-0.1, -0.05) is 13.0 Å². The number of carboxylic acid groups (broad SMARTS) is 1. The highest BCUT2D eigenvalue weighted by Crippen LogP contribution is 2.50. The van der Waals surface area contributed by atoms with Crippen LogP contribution >= 0.6 is 11.8 Å². The van der Waals surface area contributed by atoms with Gasteiger partial charge in [-0.15, -0.1) is 11.8 Å². The minimum absolute atomic E-state index is 0.0172. The molecule has 2 aliphatic rings. The van der Waals surface area contributed by atoms with Crippen molar-refractivity contribution < 1.29 is 14.7 Å². The maximum atomic E-state index is 12.3. The van der Waals surface area contributed by atoms with Crippen molar-refractivity contribution in [1.29, 1.82) is 0 Å². The number of thioether (sulfide) groups is 1. The Morgan fingerprint density at radius 3 is 2.87 bits per heavy atom. The number of nitrogens with two attached hydrogens (primary N) is 1. The van der Waals surface area contributed by atoms with Crippen LogP contribution in [0.2, 0.25) is 0 Å². The van der Waals surface area contributed by atoms with E-state index in [1.807, 2.05) is 19.1 Å². The van der Waals surface area contributed by atoms with E-state index in [9.17, 15) is 14.7 Å². The first-order valence-corrected chi connectivity index (χ1v) is 8.50. The minimum atomic E-state index is -1.05. The number of β-lactam (4-membered cyclic amide) rings is 1. The molecule has 0 aliphatic carbocycles. The van der Waals surface area contributed by atoms with Crippen LogP contribution in [0.25, 0.3) is 0 Å². The predicted octanol–water partition coefficient (Wildman–Crippen LogP) is 1.43. The zero-order chi connectivity index (χ0) is 16.7. The lowest BCUT2D eigenvalue weighted by Gasteiger charge is -2.46. The molecule has 0 bridgehead atoms. The molecule has 23 heavy (non-hydrogen) atoms. The lowest BCUT2D eigenvalue weighted by atomic mass is 9.78. The normalized spacial score (nSPS) is 27.7. The number of fused-ring (bicyclic) bond motifs is 1. The number of carbonyl (C=O) groups excluding carboxylic acids is 1. The van der Waals surface area contributed by atoms with Gasteiger partial charge in [0, 0.05) is 35.0 Å². The highest BCUT2D eigenvalue weighted by molar-refractivity contribution is 8.02. The summed E-state index contributed by atoms with van der Waals surface area (Å²) >= 11 is 1.47. The molecule has 1 aromatic rings. The quantitative estimate of drug-likeness (QED) is 0.792. The fraction of sp³-hybridized carbons (Fsp3) is 0.438. The fourth-order valence-electron chi connectivity index (χ4n) is 3.40. The largest absolute Gasteiger partial charge is 0.477 e. The van der Waals surface area contributed by atoms with E-state index in [1.165, 1.54) is 16.7 Å². The second-order valence-corrected chi connectivity index (χ2v) is 7.06. The van der Waals surface area contributed by atoms with E-state index in [1.54, 1.807) is 19.3 Å². The van der Waals surface area contributed by atoms with Crippen molar-refractivity contribution in [2.45, 2.75) is 31.7 Å². The smallest absolute Gasteiger partial charge is 0.353 e. The van der Waals surface area contributed by atoms with Crippen molar-refractivity contribution >= 4 is 23.6 Å². The van der Waals surface area contributed by atoms with Gasteiger partial charge in [0.15, 0.2) is 0 Å². The number of amides is 1. The molecule has 0 radical (unpaired) electrons. The molecular formula is C16H19N3O3S. The first-order chi connectivity index (χ1) is 10.9. The highest BCUT2D eigenvalue weighted by atomic mass is 32.2. The van der Waals surface area contributed by atoms with Crippen LogP contribution in [-0.2, 0) is 15.3 Å². The Bertz CT molecular complexity index is 674. The molecule has 4 atom stereocenters. The second-order valence-electron chi connectivity index (χ2n) is 6.04. The van der Waals surface area contributed by atoms with Crippen molar-refractivity contribution in [3.8, 4) is 0 Å². The van der Waals surface area contributed by atoms with Crippen molar-refractivity contribution in [1.82, 2.24) is 9.88 Å². The maximum absolute atomic E-state index is 12.3. The maximum Gasteiger partial charge on any atom is 0.353 e. The molecule has 1 saturated heterocycles. The second kappa shape index (κ2) is 5.98. The molecule has 0 spiro atoms. The summed E-state index contributed by atoms with van der Waals surface area (Å²) in [5.41, 5.74) is 7.05. The molecule has 1 aromatic heterocycles. The summed E-state index contributed by atoms with van der Waals surface area (Å²) in [6.07, 6.45) is 3.46. The number of carboxylic acids is 1. The number of aliphatic carboxylic acids is 1. The number of rotatable bonds is 5. The average molecular weight is 333 g/mol. The molecular weight excluding hydrogens is 314 g/mol. The van der Waals surface area contributed by atoms with Gasteiger partial charge in [0.1, 0.15) is 5.70 Å². The molecule has 3 heterocycles. The molecule has 3 N–H and O–H groups in total. The van der Waals surface area contributed by atoms with Gasteiger partial charge in [0.25, 0.3) is 0 Å². The van der Waals surface area contributed by atoms with Gasteiger partial charge in [-0.25, -0.2) is 4.79 Å². The van der Waals surface area contributed by atoms with Gasteiger partial charge in [-0.3, -0.25) is 9.78 Å². The number of pyridine rings is 1. The Balaban J connectivity index is 1.86. The lowest BCUT2D eigenvalue weighted by Crippen LogP contribution is -2.65. The monoisotopic (exact) mass is 333 g/mol. The van der Waals surface area contributed by atoms with E-state index in [0.717, 1.165) is 10.5 Å². The third-order valence-electron chi connectivity index (χ3n) is 4.47. The summed E-state index contributed by atoms with van der Waals surface area (Å²) in [6.45, 7) is 3.77. The molecule has 1 fully saturated rings. The first kappa shape index (κ1) is 16.0. The van der Waals surface area contributed by atoms with Crippen molar-refractivity contribution in [3.63, 3.8) is 0 Å². The number of nitrogens with zero attached hydrogens (tertiary/aromatic N) is 2. The topological polar surface area (TPSA) is 96.5 Å². The summed E-state index contributed by atoms with van der Waals surface area (Å²) in [6, 6.07) is 3.39. The average Bonchev–Trinajstić information content (AvgIpc) is 2.75. The SMILES string of the molecule is C[C@@H](N)[C@H]1C(=O)N2C(C(=O)O)=C(SCc3cccnc3)[C@H](C)[C@H]12. The van der Waals surface area contributed by atoms with E-state index < -0.39 is 5.97 Å². The third-order valence-corrected chi connectivity index (χ3v) is 5.83. The molecule has 0 saturated carbocycles. The van der Waals surface area contributed by atoms with E-state index >= 15 is 0 Å². The Morgan fingerprint density at radius 1 is 1.57 bits per heavy atom. The van der Waals surface area contributed by atoms with E-state index in [4.69, 9.17) is 5.73 Å². The summed E-state index contributed by atoms with van der Waals surface area (Å²) in [5, 5.41) is 9.55. The highest BCUT2D eigenvalue weighted by Gasteiger charge is 2.59. The molecule has 0 unspecified atom stereocenters. The van der Waals surface area contributed by atoms with Crippen molar-refractivity contribution in [2.75, 3.05) is 0 Å². The van der Waals surface area contributed by atoms with Crippen LogP contribution in [0.1, 0.15) is 19.4 Å².